The molecule has 0 bridgehead atoms. The number of hydrogen-bond donors (Lipinski definition) is 1. The van der Waals surface area contributed by atoms with Crippen LogP contribution in [-0.2, 0) is 17.8 Å². The van der Waals surface area contributed by atoms with Crippen molar-refractivity contribution in [3.8, 4) is 11.4 Å². The Morgan fingerprint density at radius 2 is 2.00 bits per heavy atom. The van der Waals surface area contributed by atoms with Gasteiger partial charge < -0.3 is 10.1 Å². The monoisotopic (exact) mass is 534 g/mol. The van der Waals surface area contributed by atoms with Crippen LogP contribution >= 0.6 is 23.1 Å². The topological polar surface area (TPSA) is 76.5 Å². The van der Waals surface area contributed by atoms with Crippen molar-refractivity contribution in [1.82, 2.24) is 14.5 Å². The maximum Gasteiger partial charge on any atom is 0.267 e. The van der Waals surface area contributed by atoms with Gasteiger partial charge in [0.15, 0.2) is 5.16 Å². The molecule has 1 aliphatic rings. The van der Waals surface area contributed by atoms with Crippen molar-refractivity contribution in [1.29, 1.82) is 0 Å². The van der Waals surface area contributed by atoms with Crippen LogP contribution in [0.15, 0.2) is 58.5 Å². The first-order chi connectivity index (χ1) is 18.0. The third kappa shape index (κ3) is 5.44. The lowest BCUT2D eigenvalue weighted by Gasteiger charge is -2.25. The molecule has 3 heterocycles. The molecule has 2 aromatic heterocycles. The van der Waals surface area contributed by atoms with Crippen molar-refractivity contribution >= 4 is 44.9 Å². The number of likely N-dealkylation sites (N-methyl/N-ethyl adjacent to an activating group) is 1. The van der Waals surface area contributed by atoms with E-state index in [9.17, 15) is 9.59 Å². The highest BCUT2D eigenvalue weighted by atomic mass is 32.2. The van der Waals surface area contributed by atoms with Gasteiger partial charge in [0.1, 0.15) is 10.6 Å². The van der Waals surface area contributed by atoms with E-state index in [4.69, 9.17) is 9.72 Å². The summed E-state index contributed by atoms with van der Waals surface area (Å²) in [5, 5.41) is 4.16. The summed E-state index contributed by atoms with van der Waals surface area (Å²) in [7, 11) is 0. The van der Waals surface area contributed by atoms with Crippen molar-refractivity contribution in [2.24, 2.45) is 0 Å². The van der Waals surface area contributed by atoms with E-state index in [1.807, 2.05) is 62.4 Å². The largest absolute Gasteiger partial charge is 0.494 e. The molecule has 192 valence electrons. The predicted octanol–water partition coefficient (Wildman–Crippen LogP) is 5.26. The maximum atomic E-state index is 14.0. The second kappa shape index (κ2) is 11.1. The SMILES string of the molecule is CCOc1ccc(-n2c(SCC(=O)Nc3cccc(C)c3)nc3sc4c(c3c2=O)CCN(CC)C4)cc1. The summed E-state index contributed by atoms with van der Waals surface area (Å²) in [6.45, 7) is 9.41. The minimum Gasteiger partial charge on any atom is -0.494 e. The Morgan fingerprint density at radius 1 is 1.19 bits per heavy atom. The van der Waals surface area contributed by atoms with Gasteiger partial charge in [0.05, 0.1) is 23.4 Å². The number of aromatic nitrogens is 2. The van der Waals surface area contributed by atoms with Gasteiger partial charge in [-0.3, -0.25) is 19.1 Å². The Balaban J connectivity index is 1.52. The predicted molar refractivity (Wildman–Crippen MR) is 152 cm³/mol. The van der Waals surface area contributed by atoms with Gasteiger partial charge in [-0.1, -0.05) is 30.8 Å². The number of rotatable bonds is 8. The van der Waals surface area contributed by atoms with Crippen LogP contribution in [0.25, 0.3) is 15.9 Å². The average Bonchev–Trinajstić information content (AvgIpc) is 3.26. The van der Waals surface area contributed by atoms with Gasteiger partial charge in [0, 0.05) is 23.7 Å². The van der Waals surface area contributed by atoms with Gasteiger partial charge in [0.25, 0.3) is 5.56 Å². The molecule has 37 heavy (non-hydrogen) atoms. The first-order valence-electron chi connectivity index (χ1n) is 12.5. The minimum atomic E-state index is -0.146. The lowest BCUT2D eigenvalue weighted by Crippen LogP contribution is -2.30. The van der Waals surface area contributed by atoms with E-state index in [1.54, 1.807) is 15.9 Å². The zero-order chi connectivity index (χ0) is 25.9. The van der Waals surface area contributed by atoms with Crippen LogP contribution in [-0.4, -0.2) is 45.8 Å². The molecule has 0 fully saturated rings. The number of ether oxygens (including phenoxy) is 1. The Hall–Kier alpha value is -3.14. The molecule has 0 spiro atoms. The van der Waals surface area contributed by atoms with Crippen LogP contribution in [0, 0.1) is 6.92 Å². The number of aryl methyl sites for hydroxylation is 1. The summed E-state index contributed by atoms with van der Waals surface area (Å²) in [5.41, 5.74) is 3.57. The zero-order valence-electron chi connectivity index (χ0n) is 21.2. The second-order valence-corrected chi connectivity index (χ2v) is 11.0. The molecule has 0 saturated carbocycles. The fourth-order valence-corrected chi connectivity index (χ4v) is 6.70. The molecule has 0 aliphatic carbocycles. The molecule has 2 aromatic carbocycles. The van der Waals surface area contributed by atoms with Crippen LogP contribution < -0.4 is 15.6 Å². The van der Waals surface area contributed by atoms with E-state index in [2.05, 4.69) is 17.1 Å². The molecule has 4 aromatic rings. The highest BCUT2D eigenvalue weighted by Crippen LogP contribution is 2.34. The quantitative estimate of drug-likeness (QED) is 0.245. The van der Waals surface area contributed by atoms with Crippen molar-refractivity contribution in [3.63, 3.8) is 0 Å². The molecule has 9 heteroatoms. The smallest absolute Gasteiger partial charge is 0.267 e. The summed E-state index contributed by atoms with van der Waals surface area (Å²) in [6, 6.07) is 15.1. The third-order valence-corrected chi connectivity index (χ3v) is 8.46. The molecule has 1 amide bonds. The normalized spacial score (nSPS) is 13.5. The van der Waals surface area contributed by atoms with Gasteiger partial charge in [-0.2, -0.15) is 0 Å². The van der Waals surface area contributed by atoms with Crippen molar-refractivity contribution in [2.75, 3.05) is 30.8 Å². The summed E-state index contributed by atoms with van der Waals surface area (Å²) in [6.07, 6.45) is 0.842. The van der Waals surface area contributed by atoms with E-state index < -0.39 is 0 Å². The summed E-state index contributed by atoms with van der Waals surface area (Å²) in [5.74, 6) is 0.734. The first kappa shape index (κ1) is 25.5. The Morgan fingerprint density at radius 3 is 2.73 bits per heavy atom. The van der Waals surface area contributed by atoms with Gasteiger partial charge in [-0.05, 0) is 74.3 Å². The lowest BCUT2D eigenvalue weighted by atomic mass is 10.1. The van der Waals surface area contributed by atoms with Gasteiger partial charge in [-0.25, -0.2) is 4.98 Å². The van der Waals surface area contributed by atoms with E-state index in [0.29, 0.717) is 22.8 Å². The number of benzene rings is 2. The molecular weight excluding hydrogens is 504 g/mol. The highest BCUT2D eigenvalue weighted by molar-refractivity contribution is 7.99. The summed E-state index contributed by atoms with van der Waals surface area (Å²) in [4.78, 5) is 36.0. The minimum absolute atomic E-state index is 0.0850. The van der Waals surface area contributed by atoms with Crippen LogP contribution in [0.3, 0.4) is 0 Å². The van der Waals surface area contributed by atoms with Crippen LogP contribution in [0.2, 0.25) is 0 Å². The number of carbonyl (C=O) groups is 1. The molecule has 7 nitrogen and oxygen atoms in total. The van der Waals surface area contributed by atoms with E-state index in [0.717, 1.165) is 53.4 Å². The standard InChI is InChI=1S/C28H30N4O3S2/c1-4-31-14-13-22-23(16-31)37-26-25(22)27(34)32(20-9-11-21(12-10-20)35-5-2)28(30-26)36-17-24(33)29-19-8-6-7-18(3)15-19/h6-12,15H,4-5,13-14,16-17H2,1-3H3,(H,29,33). The van der Waals surface area contributed by atoms with Crippen LogP contribution in [0.4, 0.5) is 5.69 Å². The number of nitrogens with zero attached hydrogens (tertiary/aromatic N) is 3. The molecule has 1 N–H and O–H groups in total. The van der Waals surface area contributed by atoms with Gasteiger partial charge >= 0.3 is 0 Å². The van der Waals surface area contributed by atoms with Gasteiger partial charge in [-0.15, -0.1) is 11.3 Å². The molecule has 1 aliphatic heterocycles. The maximum absolute atomic E-state index is 14.0. The number of nitrogens with one attached hydrogen (secondary N) is 1. The van der Waals surface area contributed by atoms with E-state index >= 15 is 0 Å². The lowest BCUT2D eigenvalue weighted by molar-refractivity contribution is -0.113. The number of thioether (sulfide) groups is 1. The number of carbonyl (C=O) groups excluding carboxylic acids is 1. The number of hydrogen-bond acceptors (Lipinski definition) is 7. The number of amides is 1. The van der Waals surface area contributed by atoms with Crippen LogP contribution in [0.5, 0.6) is 5.75 Å². The van der Waals surface area contributed by atoms with Crippen molar-refractivity contribution in [3.05, 3.63) is 74.9 Å². The zero-order valence-corrected chi connectivity index (χ0v) is 22.9. The highest BCUT2D eigenvalue weighted by Gasteiger charge is 2.25. The molecular formula is C28H30N4O3S2. The molecule has 0 saturated heterocycles. The fraction of sp³-hybridized carbons (Fsp3) is 0.321. The molecule has 0 radical (unpaired) electrons. The Bertz CT molecular complexity index is 1490. The summed E-state index contributed by atoms with van der Waals surface area (Å²) >= 11 is 2.87. The Labute approximate surface area is 224 Å². The average molecular weight is 535 g/mol. The molecule has 0 unspecified atom stereocenters. The number of anilines is 1. The van der Waals surface area contributed by atoms with E-state index in [-0.39, 0.29) is 17.2 Å². The summed E-state index contributed by atoms with van der Waals surface area (Å²) < 4.78 is 7.23. The number of fused-ring (bicyclic) bond motifs is 3. The van der Waals surface area contributed by atoms with E-state index in [1.165, 1.54) is 16.6 Å². The van der Waals surface area contributed by atoms with Gasteiger partial charge in [0.2, 0.25) is 5.91 Å². The van der Waals surface area contributed by atoms with Crippen molar-refractivity contribution in [2.45, 2.75) is 38.9 Å². The second-order valence-electron chi connectivity index (χ2n) is 8.97. The molecule has 0 atom stereocenters. The van der Waals surface area contributed by atoms with Crippen molar-refractivity contribution < 1.29 is 9.53 Å². The third-order valence-electron chi connectivity index (χ3n) is 6.41. The fourth-order valence-electron chi connectivity index (χ4n) is 4.58. The first-order valence-corrected chi connectivity index (χ1v) is 14.3. The van der Waals surface area contributed by atoms with Crippen LogP contribution in [0.1, 0.15) is 29.9 Å². The molecule has 5 rings (SSSR count). The Kier molecular flexibility index (Phi) is 7.64. The number of thiophene rings is 1.